The molecule has 8 heteroatoms. The van der Waals surface area contributed by atoms with Gasteiger partial charge in [0, 0.05) is 11.1 Å². The summed E-state index contributed by atoms with van der Waals surface area (Å²) in [5, 5.41) is 10.5. The smallest absolute Gasteiger partial charge is 0.271 e. The second-order valence-corrected chi connectivity index (χ2v) is 6.84. The van der Waals surface area contributed by atoms with E-state index in [2.05, 4.69) is 4.72 Å². The number of anilines is 2. The predicted molar refractivity (Wildman–Crippen MR) is 75.7 cm³/mol. The average molecular weight is 314 g/mol. The molecule has 3 N–H and O–H groups in total. The van der Waals surface area contributed by atoms with Crippen LogP contribution in [0.2, 0.25) is 5.02 Å². The van der Waals surface area contributed by atoms with Gasteiger partial charge in [0.2, 0.25) is 0 Å². The summed E-state index contributed by atoms with van der Waals surface area (Å²) in [7, 11) is -3.68. The van der Waals surface area contributed by atoms with Gasteiger partial charge in [-0.15, -0.1) is 11.3 Å². The Morgan fingerprint density at radius 1 is 1.37 bits per heavy atom. The molecule has 2 aromatic rings. The second-order valence-electron chi connectivity index (χ2n) is 3.61. The van der Waals surface area contributed by atoms with E-state index in [9.17, 15) is 8.42 Å². The number of nitrogens with one attached hydrogen (secondary N) is 1. The monoisotopic (exact) mass is 313 g/mol. The highest BCUT2D eigenvalue weighted by Crippen LogP contribution is 2.26. The Balaban J connectivity index is 2.31. The predicted octanol–water partition coefficient (Wildman–Crippen LogP) is 2.66. The van der Waals surface area contributed by atoms with Gasteiger partial charge in [0.05, 0.1) is 16.3 Å². The molecule has 0 aliphatic carbocycles. The molecule has 1 aromatic carbocycles. The molecule has 1 heterocycles. The zero-order valence-electron chi connectivity index (χ0n) is 9.42. The van der Waals surface area contributed by atoms with Crippen LogP contribution in [0.4, 0.5) is 11.4 Å². The fraction of sp³-hybridized carbons (Fsp3) is 0. The van der Waals surface area contributed by atoms with Gasteiger partial charge >= 0.3 is 0 Å². The van der Waals surface area contributed by atoms with Crippen LogP contribution in [0.25, 0.3) is 0 Å². The Kier molecular flexibility index (Phi) is 3.66. The number of nitrogens with zero attached hydrogens (tertiary/aromatic N) is 1. The molecule has 0 unspecified atom stereocenters. The summed E-state index contributed by atoms with van der Waals surface area (Å²) in [6, 6.07) is 7.57. The van der Waals surface area contributed by atoms with Crippen LogP contribution in [-0.2, 0) is 10.0 Å². The number of halogens is 1. The average Bonchev–Trinajstić information content (AvgIpc) is 2.76. The van der Waals surface area contributed by atoms with Crippen molar-refractivity contribution in [3.63, 3.8) is 0 Å². The second kappa shape index (κ2) is 5.09. The Hall–Kier alpha value is -1.75. The molecular formula is C11H8ClN3O2S2. The number of nitrogens with two attached hydrogens (primary N) is 1. The third-order valence-corrected chi connectivity index (χ3v) is 5.35. The number of hydrogen-bond donors (Lipinski definition) is 2. The van der Waals surface area contributed by atoms with Crippen molar-refractivity contribution in [3.05, 3.63) is 40.2 Å². The summed E-state index contributed by atoms with van der Waals surface area (Å²) in [6.07, 6.45) is 0. The molecular weight excluding hydrogens is 306 g/mol. The van der Waals surface area contributed by atoms with E-state index in [1.807, 2.05) is 6.07 Å². The number of thiophene rings is 1. The molecule has 0 aliphatic heterocycles. The van der Waals surface area contributed by atoms with Gasteiger partial charge in [-0.2, -0.15) is 5.26 Å². The Labute approximate surface area is 119 Å². The Morgan fingerprint density at radius 3 is 2.63 bits per heavy atom. The summed E-state index contributed by atoms with van der Waals surface area (Å²) in [5.41, 5.74) is 6.45. The third-order valence-electron chi connectivity index (χ3n) is 2.20. The van der Waals surface area contributed by atoms with Crippen LogP contribution < -0.4 is 10.5 Å². The molecule has 0 radical (unpaired) electrons. The standard InChI is InChI=1S/C11H8ClN3O2S2/c12-10-4-9(2-1-7(10)5-13)15-19(16,17)11-3-8(14)6-18-11/h1-4,6,15H,14H2. The van der Waals surface area contributed by atoms with Gasteiger partial charge in [0.1, 0.15) is 10.3 Å². The highest BCUT2D eigenvalue weighted by molar-refractivity contribution is 7.94. The zero-order valence-corrected chi connectivity index (χ0v) is 11.8. The lowest BCUT2D eigenvalue weighted by Gasteiger charge is -2.06. The molecule has 0 amide bonds. The number of nitrogen functional groups attached to an aromatic ring is 1. The van der Waals surface area contributed by atoms with E-state index in [0.717, 1.165) is 11.3 Å². The minimum atomic E-state index is -3.68. The Morgan fingerprint density at radius 2 is 2.11 bits per heavy atom. The van der Waals surface area contributed by atoms with Crippen LogP contribution in [-0.4, -0.2) is 8.42 Å². The first-order valence-electron chi connectivity index (χ1n) is 4.99. The van der Waals surface area contributed by atoms with E-state index in [1.165, 1.54) is 24.3 Å². The van der Waals surface area contributed by atoms with E-state index in [1.54, 1.807) is 5.38 Å². The van der Waals surface area contributed by atoms with Crippen molar-refractivity contribution in [1.29, 1.82) is 5.26 Å². The SMILES string of the molecule is N#Cc1ccc(NS(=O)(=O)c2cc(N)cs2)cc1Cl. The van der Waals surface area contributed by atoms with Crippen LogP contribution in [0.3, 0.4) is 0 Å². The highest BCUT2D eigenvalue weighted by atomic mass is 35.5. The van der Waals surface area contributed by atoms with Gasteiger partial charge in [-0.25, -0.2) is 8.42 Å². The van der Waals surface area contributed by atoms with Crippen molar-refractivity contribution >= 4 is 44.3 Å². The van der Waals surface area contributed by atoms with Gasteiger partial charge < -0.3 is 5.73 Å². The molecule has 0 fully saturated rings. The fourth-order valence-electron chi connectivity index (χ4n) is 1.35. The Bertz CT molecular complexity index is 762. The molecule has 19 heavy (non-hydrogen) atoms. The summed E-state index contributed by atoms with van der Waals surface area (Å²) in [4.78, 5) is 0. The molecule has 1 aromatic heterocycles. The van der Waals surface area contributed by atoms with Gasteiger partial charge in [0.15, 0.2) is 0 Å². The van der Waals surface area contributed by atoms with E-state index >= 15 is 0 Å². The summed E-state index contributed by atoms with van der Waals surface area (Å²) in [5.74, 6) is 0. The largest absolute Gasteiger partial charge is 0.398 e. The normalized spacial score (nSPS) is 10.9. The third kappa shape index (κ3) is 2.98. The maximum absolute atomic E-state index is 12.0. The maximum atomic E-state index is 12.0. The van der Waals surface area contributed by atoms with Crippen LogP contribution in [0, 0.1) is 11.3 Å². The lowest BCUT2D eigenvalue weighted by atomic mass is 10.2. The van der Waals surface area contributed by atoms with Gasteiger partial charge in [-0.3, -0.25) is 4.72 Å². The van der Waals surface area contributed by atoms with Gasteiger partial charge in [-0.05, 0) is 24.3 Å². The quantitative estimate of drug-likeness (QED) is 0.910. The summed E-state index contributed by atoms with van der Waals surface area (Å²) in [6.45, 7) is 0. The number of rotatable bonds is 3. The van der Waals surface area contributed by atoms with Crippen molar-refractivity contribution < 1.29 is 8.42 Å². The maximum Gasteiger partial charge on any atom is 0.271 e. The van der Waals surface area contributed by atoms with Crippen molar-refractivity contribution in [2.24, 2.45) is 0 Å². The molecule has 0 saturated carbocycles. The van der Waals surface area contributed by atoms with E-state index in [-0.39, 0.29) is 20.5 Å². The van der Waals surface area contributed by atoms with Gasteiger partial charge in [-0.1, -0.05) is 11.6 Å². The number of sulfonamides is 1. The topological polar surface area (TPSA) is 96.0 Å². The van der Waals surface area contributed by atoms with Crippen LogP contribution in [0.5, 0.6) is 0 Å². The zero-order chi connectivity index (χ0) is 14.0. The van der Waals surface area contributed by atoms with Crippen molar-refractivity contribution in [2.45, 2.75) is 4.21 Å². The summed E-state index contributed by atoms with van der Waals surface area (Å²) < 4.78 is 26.5. The number of hydrogen-bond acceptors (Lipinski definition) is 5. The van der Waals surface area contributed by atoms with Crippen LogP contribution in [0.15, 0.2) is 33.9 Å². The van der Waals surface area contributed by atoms with Crippen LogP contribution in [0.1, 0.15) is 5.56 Å². The highest BCUT2D eigenvalue weighted by Gasteiger charge is 2.16. The molecule has 0 atom stereocenters. The van der Waals surface area contributed by atoms with Crippen molar-refractivity contribution in [2.75, 3.05) is 10.5 Å². The van der Waals surface area contributed by atoms with E-state index in [4.69, 9.17) is 22.6 Å². The lowest BCUT2D eigenvalue weighted by Crippen LogP contribution is -2.11. The van der Waals surface area contributed by atoms with E-state index < -0.39 is 10.0 Å². The minimum Gasteiger partial charge on any atom is -0.398 e. The fourth-order valence-corrected chi connectivity index (χ4v) is 3.70. The first-order chi connectivity index (χ1) is 8.92. The number of benzene rings is 1. The minimum absolute atomic E-state index is 0.116. The van der Waals surface area contributed by atoms with E-state index in [0.29, 0.717) is 5.69 Å². The van der Waals surface area contributed by atoms with Crippen molar-refractivity contribution in [3.8, 4) is 6.07 Å². The van der Waals surface area contributed by atoms with Crippen LogP contribution >= 0.6 is 22.9 Å². The molecule has 0 spiro atoms. The lowest BCUT2D eigenvalue weighted by molar-refractivity contribution is 0.603. The molecule has 0 bridgehead atoms. The van der Waals surface area contributed by atoms with Gasteiger partial charge in [0.25, 0.3) is 10.0 Å². The molecule has 98 valence electrons. The first-order valence-corrected chi connectivity index (χ1v) is 7.73. The van der Waals surface area contributed by atoms with Crippen molar-refractivity contribution in [1.82, 2.24) is 0 Å². The first kappa shape index (κ1) is 13.7. The molecule has 5 nitrogen and oxygen atoms in total. The molecule has 2 rings (SSSR count). The molecule has 0 aliphatic rings. The number of nitriles is 1. The summed E-state index contributed by atoms with van der Waals surface area (Å²) >= 11 is 6.86. The molecule has 0 saturated heterocycles.